The number of hydrogen-bond acceptors (Lipinski definition) is 3. The number of rotatable bonds is 5. The van der Waals surface area contributed by atoms with Crippen molar-refractivity contribution >= 4 is 17.3 Å². The predicted molar refractivity (Wildman–Crippen MR) is 77.6 cm³/mol. The average molecular weight is 262 g/mol. The molecule has 0 aliphatic carbocycles. The van der Waals surface area contributed by atoms with Gasteiger partial charge < -0.3 is 15.0 Å². The second kappa shape index (κ2) is 6.57. The summed E-state index contributed by atoms with van der Waals surface area (Å²) in [5, 5.41) is 2.90. The zero-order valence-electron chi connectivity index (χ0n) is 11.7. The van der Waals surface area contributed by atoms with Gasteiger partial charge in [0.2, 0.25) is 0 Å². The lowest BCUT2D eigenvalue weighted by molar-refractivity contribution is -0.124. The summed E-state index contributed by atoms with van der Waals surface area (Å²) in [5.74, 6) is -0.0342. The fourth-order valence-electron chi connectivity index (χ4n) is 2.35. The Morgan fingerprint density at radius 3 is 2.53 bits per heavy atom. The van der Waals surface area contributed by atoms with Gasteiger partial charge in [0.25, 0.3) is 5.91 Å². The van der Waals surface area contributed by atoms with Crippen molar-refractivity contribution in [1.29, 1.82) is 0 Å². The largest absolute Gasteiger partial charge is 0.372 e. The molecule has 0 bridgehead atoms. The van der Waals surface area contributed by atoms with E-state index >= 15 is 0 Å². The molecule has 0 spiro atoms. The topological polar surface area (TPSA) is 41.6 Å². The molecule has 0 unspecified atom stereocenters. The van der Waals surface area contributed by atoms with Crippen LogP contribution < -0.4 is 10.2 Å². The number of anilines is 2. The second-order valence-electron chi connectivity index (χ2n) is 4.71. The molecule has 4 heteroatoms. The molecular formula is C15H22N2O2. The summed E-state index contributed by atoms with van der Waals surface area (Å²) in [6.07, 6.45) is 1.52. The fraction of sp³-hybridized carbons (Fsp3) is 0.533. The Morgan fingerprint density at radius 1 is 1.32 bits per heavy atom. The van der Waals surface area contributed by atoms with Gasteiger partial charge in [0, 0.05) is 31.1 Å². The smallest absolute Gasteiger partial charge is 0.253 e. The van der Waals surface area contributed by atoms with Crippen LogP contribution in [0.2, 0.25) is 0 Å². The van der Waals surface area contributed by atoms with Crippen molar-refractivity contribution in [3.05, 3.63) is 24.3 Å². The number of ether oxygens (including phenoxy) is 1. The van der Waals surface area contributed by atoms with Gasteiger partial charge in [-0.2, -0.15) is 0 Å². The molecule has 19 heavy (non-hydrogen) atoms. The van der Waals surface area contributed by atoms with Gasteiger partial charge in [-0.3, -0.25) is 4.79 Å². The molecule has 1 amide bonds. The van der Waals surface area contributed by atoms with Crippen LogP contribution in [0.3, 0.4) is 0 Å². The normalized spacial score (nSPS) is 18.3. The number of carbonyl (C=O) groups excluding carboxylic acids is 1. The van der Waals surface area contributed by atoms with E-state index in [1.54, 1.807) is 0 Å². The number of carbonyl (C=O) groups is 1. The Labute approximate surface area is 114 Å². The summed E-state index contributed by atoms with van der Waals surface area (Å²) in [5.41, 5.74) is 2.01. The van der Waals surface area contributed by atoms with Gasteiger partial charge in [-0.05, 0) is 51.0 Å². The molecule has 1 atom stereocenters. The van der Waals surface area contributed by atoms with Gasteiger partial charge >= 0.3 is 0 Å². The minimum Gasteiger partial charge on any atom is -0.372 e. The number of benzene rings is 1. The molecule has 0 radical (unpaired) electrons. The van der Waals surface area contributed by atoms with E-state index in [4.69, 9.17) is 4.74 Å². The minimum absolute atomic E-state index is 0.0342. The third-order valence-electron chi connectivity index (χ3n) is 3.49. The molecule has 104 valence electrons. The Kier molecular flexibility index (Phi) is 4.80. The Hall–Kier alpha value is -1.55. The third kappa shape index (κ3) is 3.47. The maximum absolute atomic E-state index is 11.9. The van der Waals surface area contributed by atoms with Gasteiger partial charge in [-0.1, -0.05) is 0 Å². The van der Waals surface area contributed by atoms with Crippen LogP contribution in [0.25, 0.3) is 0 Å². The lowest BCUT2D eigenvalue weighted by Crippen LogP contribution is -2.27. The van der Waals surface area contributed by atoms with Crippen LogP contribution in [-0.2, 0) is 9.53 Å². The van der Waals surface area contributed by atoms with Crippen molar-refractivity contribution in [3.63, 3.8) is 0 Å². The highest BCUT2D eigenvalue weighted by Gasteiger charge is 2.23. The van der Waals surface area contributed by atoms with Crippen LogP contribution in [0, 0.1) is 0 Å². The van der Waals surface area contributed by atoms with E-state index < -0.39 is 0 Å². The highest BCUT2D eigenvalue weighted by atomic mass is 16.5. The number of hydrogen-bond donors (Lipinski definition) is 1. The molecular weight excluding hydrogens is 240 g/mol. The summed E-state index contributed by atoms with van der Waals surface area (Å²) < 4.78 is 5.36. The average Bonchev–Trinajstić information content (AvgIpc) is 2.96. The molecule has 1 aliphatic heterocycles. The SMILES string of the molecule is CCN(CC)c1ccc(NC(=O)[C@@H]2CCCO2)cc1. The van der Waals surface area contributed by atoms with E-state index in [0.717, 1.165) is 31.6 Å². The number of nitrogens with one attached hydrogen (secondary N) is 1. The molecule has 1 aliphatic rings. The highest BCUT2D eigenvalue weighted by Crippen LogP contribution is 2.19. The van der Waals surface area contributed by atoms with E-state index in [9.17, 15) is 4.79 Å². The summed E-state index contributed by atoms with van der Waals surface area (Å²) >= 11 is 0. The monoisotopic (exact) mass is 262 g/mol. The third-order valence-corrected chi connectivity index (χ3v) is 3.49. The fourth-order valence-corrected chi connectivity index (χ4v) is 2.35. The first-order valence-electron chi connectivity index (χ1n) is 7.02. The number of nitrogens with zero attached hydrogens (tertiary/aromatic N) is 1. The zero-order valence-corrected chi connectivity index (χ0v) is 11.7. The molecule has 0 saturated carbocycles. The first-order chi connectivity index (χ1) is 9.24. The summed E-state index contributed by atoms with van der Waals surface area (Å²) in [6.45, 7) is 6.93. The lowest BCUT2D eigenvalue weighted by atomic mass is 10.2. The minimum atomic E-state index is -0.276. The van der Waals surface area contributed by atoms with E-state index in [1.165, 1.54) is 5.69 Å². The van der Waals surface area contributed by atoms with Crippen LogP contribution in [0.5, 0.6) is 0 Å². The van der Waals surface area contributed by atoms with Crippen molar-refractivity contribution in [2.75, 3.05) is 29.9 Å². The standard InChI is InChI=1S/C15H22N2O2/c1-3-17(4-2)13-9-7-12(8-10-13)16-15(18)14-6-5-11-19-14/h7-10,14H,3-6,11H2,1-2H3,(H,16,18)/t14-/m0/s1. The van der Waals surface area contributed by atoms with Gasteiger partial charge in [0.15, 0.2) is 0 Å². The maximum atomic E-state index is 11.9. The molecule has 0 aromatic heterocycles. The van der Waals surface area contributed by atoms with Gasteiger partial charge in [-0.15, -0.1) is 0 Å². The predicted octanol–water partition coefficient (Wildman–Crippen LogP) is 2.65. The van der Waals surface area contributed by atoms with Gasteiger partial charge in [0.05, 0.1) is 0 Å². The summed E-state index contributed by atoms with van der Waals surface area (Å²) in [6, 6.07) is 7.97. The Balaban J connectivity index is 1.96. The molecule has 1 N–H and O–H groups in total. The quantitative estimate of drug-likeness (QED) is 0.887. The maximum Gasteiger partial charge on any atom is 0.253 e. The van der Waals surface area contributed by atoms with E-state index in [2.05, 4.69) is 24.1 Å². The summed E-state index contributed by atoms with van der Waals surface area (Å²) in [7, 11) is 0. The zero-order chi connectivity index (χ0) is 13.7. The van der Waals surface area contributed by atoms with Gasteiger partial charge in [-0.25, -0.2) is 0 Å². The van der Waals surface area contributed by atoms with Crippen molar-refractivity contribution in [1.82, 2.24) is 0 Å². The molecule has 4 nitrogen and oxygen atoms in total. The van der Waals surface area contributed by atoms with Crippen LogP contribution >= 0.6 is 0 Å². The first-order valence-corrected chi connectivity index (χ1v) is 7.02. The lowest BCUT2D eigenvalue weighted by Gasteiger charge is -2.21. The number of amides is 1. The molecule has 1 fully saturated rings. The van der Waals surface area contributed by atoms with Crippen LogP contribution in [0.4, 0.5) is 11.4 Å². The summed E-state index contributed by atoms with van der Waals surface area (Å²) in [4.78, 5) is 14.2. The molecule has 1 heterocycles. The molecule has 1 aromatic rings. The van der Waals surface area contributed by atoms with E-state index in [0.29, 0.717) is 6.61 Å². The van der Waals surface area contributed by atoms with Crippen molar-refractivity contribution in [3.8, 4) is 0 Å². The van der Waals surface area contributed by atoms with Crippen molar-refractivity contribution in [2.45, 2.75) is 32.8 Å². The first kappa shape index (κ1) is 13.9. The van der Waals surface area contributed by atoms with Crippen LogP contribution in [0.15, 0.2) is 24.3 Å². The van der Waals surface area contributed by atoms with Crippen LogP contribution in [0.1, 0.15) is 26.7 Å². The highest BCUT2D eigenvalue weighted by molar-refractivity contribution is 5.94. The van der Waals surface area contributed by atoms with Crippen LogP contribution in [-0.4, -0.2) is 31.7 Å². The molecule has 2 rings (SSSR count). The van der Waals surface area contributed by atoms with E-state index in [-0.39, 0.29) is 12.0 Å². The van der Waals surface area contributed by atoms with Crippen molar-refractivity contribution < 1.29 is 9.53 Å². The van der Waals surface area contributed by atoms with Crippen molar-refractivity contribution in [2.24, 2.45) is 0 Å². The Bertz CT molecular complexity index is 407. The molecule has 1 saturated heterocycles. The second-order valence-corrected chi connectivity index (χ2v) is 4.71. The Morgan fingerprint density at radius 2 is 2.00 bits per heavy atom. The molecule has 1 aromatic carbocycles. The van der Waals surface area contributed by atoms with Gasteiger partial charge in [0.1, 0.15) is 6.10 Å². The van der Waals surface area contributed by atoms with E-state index in [1.807, 2.05) is 24.3 Å².